The van der Waals surface area contributed by atoms with Gasteiger partial charge in [0.25, 0.3) is 0 Å². The number of ether oxygens (including phenoxy) is 1. The van der Waals surface area contributed by atoms with Gasteiger partial charge < -0.3 is 9.84 Å². The fraction of sp³-hybridized carbons (Fsp3) is 0.0625. The molecule has 3 rings (SSSR count). The van der Waals surface area contributed by atoms with Crippen molar-refractivity contribution in [2.75, 3.05) is 6.61 Å². The number of carboxylic acids is 1. The molecule has 1 aromatic carbocycles. The Kier molecular flexibility index (Phi) is 4.95. The monoisotopic (exact) mass is 355 g/mol. The molecule has 0 unspecified atom stereocenters. The van der Waals surface area contributed by atoms with Crippen molar-refractivity contribution in [3.8, 4) is 17.1 Å². The number of rotatable bonds is 6. The van der Waals surface area contributed by atoms with E-state index in [0.29, 0.717) is 21.9 Å². The van der Waals surface area contributed by atoms with Crippen molar-refractivity contribution < 1.29 is 14.6 Å². The van der Waals surface area contributed by atoms with Crippen LogP contribution >= 0.6 is 12.2 Å². The lowest BCUT2D eigenvalue weighted by Gasteiger charge is -2.06. The van der Waals surface area contributed by atoms with Crippen LogP contribution in [0.1, 0.15) is 5.56 Å². The van der Waals surface area contributed by atoms with Gasteiger partial charge in [0, 0.05) is 23.5 Å². The van der Waals surface area contributed by atoms with E-state index in [1.807, 2.05) is 6.07 Å². The molecule has 0 amide bonds. The van der Waals surface area contributed by atoms with E-state index in [9.17, 15) is 4.79 Å². The SMILES string of the molecule is O=C(O)COc1ccccc1/C=N/n1c(-c2cccnc2)n[nH]c1=S. The number of H-pyrrole nitrogens is 1. The molecule has 2 heterocycles. The first-order valence-electron chi connectivity index (χ1n) is 7.21. The quantitative estimate of drug-likeness (QED) is 0.519. The number of aliphatic carboxylic acids is 1. The summed E-state index contributed by atoms with van der Waals surface area (Å²) in [5.41, 5.74) is 1.37. The van der Waals surface area contributed by atoms with Crippen molar-refractivity contribution in [3.63, 3.8) is 0 Å². The van der Waals surface area contributed by atoms with Gasteiger partial charge in [-0.25, -0.2) is 9.89 Å². The van der Waals surface area contributed by atoms with Crippen molar-refractivity contribution >= 4 is 24.4 Å². The number of carboxylic acid groups (broad SMARTS) is 1. The van der Waals surface area contributed by atoms with Crippen LogP contribution in [0, 0.1) is 4.77 Å². The van der Waals surface area contributed by atoms with Crippen molar-refractivity contribution in [2.24, 2.45) is 5.10 Å². The lowest BCUT2D eigenvalue weighted by molar-refractivity contribution is -0.139. The van der Waals surface area contributed by atoms with E-state index in [-0.39, 0.29) is 0 Å². The van der Waals surface area contributed by atoms with E-state index in [2.05, 4.69) is 20.3 Å². The van der Waals surface area contributed by atoms with Gasteiger partial charge >= 0.3 is 5.97 Å². The summed E-state index contributed by atoms with van der Waals surface area (Å²) in [4.78, 5) is 14.7. The summed E-state index contributed by atoms with van der Waals surface area (Å²) in [6.45, 7) is -0.434. The number of benzene rings is 1. The number of para-hydroxylation sites is 1. The standard InChI is InChI=1S/C16H13N5O3S/c22-14(23)10-24-13-6-2-1-4-11(13)9-18-21-15(19-20-16(21)25)12-5-3-7-17-8-12/h1-9H,10H2,(H,20,25)(H,22,23)/b18-9+. The van der Waals surface area contributed by atoms with Crippen LogP contribution in [-0.4, -0.2) is 43.8 Å². The fourth-order valence-corrected chi connectivity index (χ4v) is 2.24. The van der Waals surface area contributed by atoms with Gasteiger partial charge in [-0.1, -0.05) is 12.1 Å². The smallest absolute Gasteiger partial charge is 0.341 e. The zero-order chi connectivity index (χ0) is 17.6. The van der Waals surface area contributed by atoms with E-state index in [1.165, 1.54) is 10.9 Å². The number of hydrogen-bond acceptors (Lipinski definition) is 6. The van der Waals surface area contributed by atoms with Crippen LogP contribution in [0.2, 0.25) is 0 Å². The van der Waals surface area contributed by atoms with Gasteiger partial charge in [0.1, 0.15) is 5.75 Å². The lowest BCUT2D eigenvalue weighted by atomic mass is 10.2. The molecular formula is C16H13N5O3S. The van der Waals surface area contributed by atoms with Crippen molar-refractivity contribution in [3.05, 3.63) is 59.1 Å². The predicted molar refractivity (Wildman–Crippen MR) is 93.2 cm³/mol. The Labute approximate surface area is 147 Å². The highest BCUT2D eigenvalue weighted by atomic mass is 32.1. The zero-order valence-electron chi connectivity index (χ0n) is 12.9. The fourth-order valence-electron chi connectivity index (χ4n) is 2.06. The number of nitrogens with one attached hydrogen (secondary N) is 1. The molecule has 9 heteroatoms. The number of carbonyl (C=O) groups is 1. The lowest BCUT2D eigenvalue weighted by Crippen LogP contribution is -2.10. The minimum atomic E-state index is -1.05. The summed E-state index contributed by atoms with van der Waals surface area (Å²) < 4.78 is 7.03. The van der Waals surface area contributed by atoms with Gasteiger partial charge in [0.2, 0.25) is 4.77 Å². The molecule has 0 spiro atoms. The van der Waals surface area contributed by atoms with Crippen LogP contribution in [0.3, 0.4) is 0 Å². The summed E-state index contributed by atoms with van der Waals surface area (Å²) >= 11 is 5.21. The van der Waals surface area contributed by atoms with Crippen LogP contribution in [0.5, 0.6) is 5.75 Å². The second kappa shape index (κ2) is 7.49. The molecule has 0 fully saturated rings. The molecule has 0 atom stereocenters. The average molecular weight is 355 g/mol. The van der Waals surface area contributed by atoms with Gasteiger partial charge in [0.15, 0.2) is 12.4 Å². The normalized spacial score (nSPS) is 10.9. The average Bonchev–Trinajstić information content (AvgIpc) is 3.00. The molecule has 0 bridgehead atoms. The van der Waals surface area contributed by atoms with E-state index < -0.39 is 12.6 Å². The third-order valence-corrected chi connectivity index (χ3v) is 3.42. The summed E-state index contributed by atoms with van der Waals surface area (Å²) in [6, 6.07) is 10.6. The molecule has 3 aromatic rings. The van der Waals surface area contributed by atoms with Crippen LogP contribution < -0.4 is 4.74 Å². The Morgan fingerprint density at radius 1 is 1.36 bits per heavy atom. The molecule has 0 aliphatic carbocycles. The number of aromatic nitrogens is 4. The maximum Gasteiger partial charge on any atom is 0.341 e. The summed E-state index contributed by atoms with van der Waals surface area (Å²) in [5.74, 6) is -0.132. The Balaban J connectivity index is 1.93. The Hall–Kier alpha value is -3.33. The van der Waals surface area contributed by atoms with Crippen LogP contribution in [0.4, 0.5) is 0 Å². The third-order valence-electron chi connectivity index (χ3n) is 3.15. The molecular weight excluding hydrogens is 342 g/mol. The second-order valence-electron chi connectivity index (χ2n) is 4.87. The minimum Gasteiger partial charge on any atom is -0.481 e. The summed E-state index contributed by atoms with van der Waals surface area (Å²) in [7, 11) is 0. The molecule has 0 saturated carbocycles. The third kappa shape index (κ3) is 3.96. The molecule has 2 N–H and O–H groups in total. The first kappa shape index (κ1) is 16.5. The van der Waals surface area contributed by atoms with Gasteiger partial charge in [-0.3, -0.25) is 4.98 Å². The molecule has 0 aliphatic heterocycles. The molecule has 126 valence electrons. The van der Waals surface area contributed by atoms with Gasteiger partial charge in [0.05, 0.1) is 6.21 Å². The zero-order valence-corrected chi connectivity index (χ0v) is 13.7. The maximum atomic E-state index is 10.7. The molecule has 0 saturated heterocycles. The van der Waals surface area contributed by atoms with E-state index in [1.54, 1.807) is 42.7 Å². The van der Waals surface area contributed by atoms with Crippen molar-refractivity contribution in [1.82, 2.24) is 19.9 Å². The Morgan fingerprint density at radius 3 is 2.96 bits per heavy atom. The van der Waals surface area contributed by atoms with Gasteiger partial charge in [-0.05, 0) is 36.5 Å². The van der Waals surface area contributed by atoms with Crippen LogP contribution in [-0.2, 0) is 4.79 Å². The number of nitrogens with zero attached hydrogens (tertiary/aromatic N) is 4. The Bertz CT molecular complexity index is 965. The van der Waals surface area contributed by atoms with Gasteiger partial charge in [-0.15, -0.1) is 0 Å². The molecule has 0 aliphatic rings. The summed E-state index contributed by atoms with van der Waals surface area (Å²) in [5, 5.41) is 19.9. The van der Waals surface area contributed by atoms with Crippen molar-refractivity contribution in [1.29, 1.82) is 0 Å². The van der Waals surface area contributed by atoms with E-state index >= 15 is 0 Å². The van der Waals surface area contributed by atoms with E-state index in [4.69, 9.17) is 22.1 Å². The summed E-state index contributed by atoms with van der Waals surface area (Å²) in [6.07, 6.45) is 4.84. The topological polar surface area (TPSA) is 105 Å². The number of aromatic amines is 1. The maximum absolute atomic E-state index is 10.7. The molecule has 25 heavy (non-hydrogen) atoms. The van der Waals surface area contributed by atoms with Crippen LogP contribution in [0.15, 0.2) is 53.9 Å². The largest absolute Gasteiger partial charge is 0.481 e. The van der Waals surface area contributed by atoms with E-state index in [0.717, 1.165) is 5.56 Å². The van der Waals surface area contributed by atoms with Gasteiger partial charge in [-0.2, -0.15) is 14.9 Å². The number of pyridine rings is 1. The first-order chi connectivity index (χ1) is 12.1. The first-order valence-corrected chi connectivity index (χ1v) is 7.62. The highest BCUT2D eigenvalue weighted by Gasteiger charge is 2.08. The highest BCUT2D eigenvalue weighted by molar-refractivity contribution is 7.71. The molecule has 2 aromatic heterocycles. The number of hydrogen-bond donors (Lipinski definition) is 2. The molecule has 8 nitrogen and oxygen atoms in total. The molecule has 0 radical (unpaired) electrons. The predicted octanol–water partition coefficient (Wildman–Crippen LogP) is 2.35. The van der Waals surface area contributed by atoms with Crippen molar-refractivity contribution in [2.45, 2.75) is 0 Å². The van der Waals surface area contributed by atoms with Crippen LogP contribution in [0.25, 0.3) is 11.4 Å². The minimum absolute atomic E-state index is 0.319. The Morgan fingerprint density at radius 2 is 2.20 bits per heavy atom. The second-order valence-corrected chi connectivity index (χ2v) is 5.26. The highest BCUT2D eigenvalue weighted by Crippen LogP contribution is 2.18.